The van der Waals surface area contributed by atoms with Crippen LogP contribution in [0.3, 0.4) is 0 Å². The number of fused-ring (bicyclic) bond motifs is 1. The molecule has 0 spiro atoms. The van der Waals surface area contributed by atoms with E-state index in [0.717, 1.165) is 47.4 Å². The van der Waals surface area contributed by atoms with Crippen molar-refractivity contribution >= 4 is 33.9 Å². The number of likely N-dealkylation sites (N-methyl/N-ethyl adjacent to an activating group) is 1. The van der Waals surface area contributed by atoms with Crippen molar-refractivity contribution < 1.29 is 4.74 Å². The Labute approximate surface area is 210 Å². The Kier molecular flexibility index (Phi) is 6.12. The molecular formula is C27H30N8O. The number of para-hydroxylation sites is 1. The van der Waals surface area contributed by atoms with Crippen molar-refractivity contribution in [3.8, 4) is 23.1 Å². The molecule has 3 heterocycles. The van der Waals surface area contributed by atoms with Crippen LogP contribution in [-0.2, 0) is 0 Å². The van der Waals surface area contributed by atoms with E-state index < -0.39 is 0 Å². The first kappa shape index (κ1) is 23.5. The van der Waals surface area contributed by atoms with E-state index >= 15 is 0 Å². The van der Waals surface area contributed by atoms with Crippen molar-refractivity contribution in [2.24, 2.45) is 0 Å². The molecule has 5 rings (SSSR count). The highest BCUT2D eigenvalue weighted by Crippen LogP contribution is 2.39. The van der Waals surface area contributed by atoms with Crippen molar-refractivity contribution in [1.29, 1.82) is 5.26 Å². The molecule has 1 atom stereocenters. The standard InChI is InChI=1S/C27H30N8O/c1-16-25(19-7-5-6-8-21(19)31-16)26-17(13-28)14-30-27(33-26)32-22-11-20(29)23(12-24(22)36-4)35-10-9-18(15-35)34(2)3/h5-8,11-12,14,18,31H,9-10,15,29H2,1-4H3,(H,30,32,33)/t18-/m1/s1. The van der Waals surface area contributed by atoms with Gasteiger partial charge in [-0.25, -0.2) is 9.97 Å². The minimum atomic E-state index is 0.355. The van der Waals surface area contributed by atoms with E-state index in [2.05, 4.69) is 45.2 Å². The van der Waals surface area contributed by atoms with Gasteiger partial charge in [0.1, 0.15) is 11.8 Å². The molecule has 0 unspecified atom stereocenters. The van der Waals surface area contributed by atoms with Gasteiger partial charge >= 0.3 is 0 Å². The van der Waals surface area contributed by atoms with E-state index in [1.54, 1.807) is 13.3 Å². The van der Waals surface area contributed by atoms with Gasteiger partial charge in [-0.1, -0.05) is 18.2 Å². The first-order valence-electron chi connectivity index (χ1n) is 11.9. The van der Waals surface area contributed by atoms with Crippen LogP contribution in [0.1, 0.15) is 17.7 Å². The van der Waals surface area contributed by atoms with E-state index in [-0.39, 0.29) is 0 Å². The van der Waals surface area contributed by atoms with Gasteiger partial charge in [0.25, 0.3) is 0 Å². The Morgan fingerprint density at radius 2 is 2.08 bits per heavy atom. The molecule has 0 aliphatic carbocycles. The topological polar surface area (TPSA) is 119 Å². The van der Waals surface area contributed by atoms with Crippen LogP contribution in [0.2, 0.25) is 0 Å². The van der Waals surface area contributed by atoms with Gasteiger partial charge in [-0.2, -0.15) is 5.26 Å². The number of aryl methyl sites for hydroxylation is 1. The number of nitrogens with zero attached hydrogens (tertiary/aromatic N) is 5. The molecule has 184 valence electrons. The number of aromatic nitrogens is 3. The molecule has 1 fully saturated rings. The zero-order chi connectivity index (χ0) is 25.4. The maximum Gasteiger partial charge on any atom is 0.227 e. The highest BCUT2D eigenvalue weighted by atomic mass is 16.5. The smallest absolute Gasteiger partial charge is 0.227 e. The van der Waals surface area contributed by atoms with Crippen LogP contribution in [0, 0.1) is 18.3 Å². The van der Waals surface area contributed by atoms with Crippen LogP contribution >= 0.6 is 0 Å². The van der Waals surface area contributed by atoms with Crippen LogP contribution in [0.25, 0.3) is 22.2 Å². The van der Waals surface area contributed by atoms with Crippen LogP contribution in [0.5, 0.6) is 5.75 Å². The predicted molar refractivity (Wildman–Crippen MR) is 144 cm³/mol. The summed E-state index contributed by atoms with van der Waals surface area (Å²) >= 11 is 0. The zero-order valence-electron chi connectivity index (χ0n) is 21.0. The van der Waals surface area contributed by atoms with E-state index in [1.165, 1.54) is 0 Å². The van der Waals surface area contributed by atoms with Crippen molar-refractivity contribution in [3.63, 3.8) is 0 Å². The molecule has 1 saturated heterocycles. The Morgan fingerprint density at radius 1 is 1.28 bits per heavy atom. The number of nitrogens with two attached hydrogens (primary N) is 1. The number of benzene rings is 2. The van der Waals surface area contributed by atoms with Crippen LogP contribution in [0.4, 0.5) is 23.0 Å². The highest BCUT2D eigenvalue weighted by Gasteiger charge is 2.26. The summed E-state index contributed by atoms with van der Waals surface area (Å²) in [5, 5.41) is 14.0. The fourth-order valence-electron chi connectivity index (χ4n) is 4.93. The molecule has 9 nitrogen and oxygen atoms in total. The van der Waals surface area contributed by atoms with Gasteiger partial charge in [0.05, 0.1) is 41.6 Å². The summed E-state index contributed by atoms with van der Waals surface area (Å²) in [5.41, 5.74) is 12.6. The lowest BCUT2D eigenvalue weighted by Gasteiger charge is -2.24. The summed E-state index contributed by atoms with van der Waals surface area (Å²) in [6.45, 7) is 3.83. The minimum Gasteiger partial charge on any atom is -0.494 e. The average Bonchev–Trinajstić information content (AvgIpc) is 3.48. The summed E-state index contributed by atoms with van der Waals surface area (Å²) in [7, 11) is 5.84. The fraction of sp³-hybridized carbons (Fsp3) is 0.296. The number of H-pyrrole nitrogens is 1. The third-order valence-electron chi connectivity index (χ3n) is 6.87. The summed E-state index contributed by atoms with van der Waals surface area (Å²) < 4.78 is 5.70. The number of nitrogen functional groups attached to an aromatic ring is 1. The normalized spacial score (nSPS) is 15.4. The number of anilines is 4. The molecule has 4 N–H and O–H groups in total. The van der Waals surface area contributed by atoms with Crippen molar-refractivity contribution in [2.75, 3.05) is 50.2 Å². The van der Waals surface area contributed by atoms with Crippen molar-refractivity contribution in [1.82, 2.24) is 19.9 Å². The molecule has 9 heteroatoms. The fourth-order valence-corrected chi connectivity index (χ4v) is 4.93. The molecule has 2 aromatic heterocycles. The second kappa shape index (κ2) is 9.40. The van der Waals surface area contributed by atoms with Gasteiger partial charge in [0.15, 0.2) is 0 Å². The highest BCUT2D eigenvalue weighted by molar-refractivity contribution is 5.97. The number of rotatable bonds is 6. The molecule has 4 aromatic rings. The second-order valence-electron chi connectivity index (χ2n) is 9.33. The van der Waals surface area contributed by atoms with Gasteiger partial charge in [-0.05, 0) is 39.6 Å². The Morgan fingerprint density at radius 3 is 2.81 bits per heavy atom. The molecule has 0 amide bonds. The third-order valence-corrected chi connectivity index (χ3v) is 6.87. The van der Waals surface area contributed by atoms with E-state index in [4.69, 9.17) is 15.5 Å². The van der Waals surface area contributed by atoms with Crippen molar-refractivity contribution in [3.05, 3.63) is 53.9 Å². The predicted octanol–water partition coefficient (Wildman–Crippen LogP) is 4.28. The van der Waals surface area contributed by atoms with Gasteiger partial charge in [0.2, 0.25) is 5.95 Å². The minimum absolute atomic E-state index is 0.355. The number of nitrogens with one attached hydrogen (secondary N) is 2. The van der Waals surface area contributed by atoms with Crippen molar-refractivity contribution in [2.45, 2.75) is 19.4 Å². The van der Waals surface area contributed by atoms with E-state index in [1.807, 2.05) is 43.3 Å². The lowest BCUT2D eigenvalue weighted by atomic mass is 10.0. The van der Waals surface area contributed by atoms with E-state index in [9.17, 15) is 5.26 Å². The monoisotopic (exact) mass is 482 g/mol. The quantitative estimate of drug-likeness (QED) is 0.349. The molecule has 0 bridgehead atoms. The maximum atomic E-state index is 9.76. The SMILES string of the molecule is COc1cc(N2CC[C@@H](N(C)C)C2)c(N)cc1Nc1ncc(C#N)c(-c2c(C)[nH]c3ccccc23)n1. The third kappa shape index (κ3) is 4.16. The Balaban J connectivity index is 1.50. The summed E-state index contributed by atoms with van der Waals surface area (Å²) in [6.07, 6.45) is 2.63. The molecule has 1 aliphatic rings. The largest absolute Gasteiger partial charge is 0.494 e. The number of hydrogen-bond acceptors (Lipinski definition) is 8. The van der Waals surface area contributed by atoms with Crippen LogP contribution < -0.4 is 20.7 Å². The summed E-state index contributed by atoms with van der Waals surface area (Å²) in [6, 6.07) is 14.5. The van der Waals surface area contributed by atoms with Crippen LogP contribution in [0.15, 0.2) is 42.6 Å². The number of nitriles is 1. The lowest BCUT2D eigenvalue weighted by Crippen LogP contribution is -2.31. The molecule has 1 aliphatic heterocycles. The summed E-state index contributed by atoms with van der Waals surface area (Å²) in [5.74, 6) is 0.998. The number of hydrogen-bond donors (Lipinski definition) is 3. The van der Waals surface area contributed by atoms with Gasteiger partial charge < -0.3 is 30.6 Å². The molecular weight excluding hydrogens is 452 g/mol. The molecule has 0 radical (unpaired) electrons. The van der Waals surface area contributed by atoms with E-state index in [0.29, 0.717) is 40.4 Å². The number of aromatic amines is 1. The molecule has 2 aromatic carbocycles. The first-order valence-corrected chi connectivity index (χ1v) is 11.9. The van der Waals surface area contributed by atoms with Gasteiger partial charge in [-0.15, -0.1) is 0 Å². The Hall–Kier alpha value is -4.29. The zero-order valence-corrected chi connectivity index (χ0v) is 21.0. The van der Waals surface area contributed by atoms with Gasteiger partial charge in [-0.3, -0.25) is 0 Å². The first-order chi connectivity index (χ1) is 17.4. The number of ether oxygens (including phenoxy) is 1. The average molecular weight is 483 g/mol. The maximum absolute atomic E-state index is 9.76. The molecule has 0 saturated carbocycles. The molecule has 36 heavy (non-hydrogen) atoms. The second-order valence-corrected chi connectivity index (χ2v) is 9.33. The number of methoxy groups -OCH3 is 1. The van der Waals surface area contributed by atoms with Crippen LogP contribution in [-0.4, -0.2) is 60.2 Å². The summed E-state index contributed by atoms with van der Waals surface area (Å²) in [4.78, 5) is 17.1. The van der Waals surface area contributed by atoms with Gasteiger partial charge in [0, 0.05) is 47.4 Å². The Bertz CT molecular complexity index is 1470. The lowest BCUT2D eigenvalue weighted by molar-refractivity contribution is 0.315.